The van der Waals surface area contributed by atoms with E-state index in [1.807, 2.05) is 25.7 Å². The molecule has 0 bridgehead atoms. The van der Waals surface area contributed by atoms with Gasteiger partial charge in [0, 0.05) is 25.7 Å². The summed E-state index contributed by atoms with van der Waals surface area (Å²) < 4.78 is 5.50. The Morgan fingerprint density at radius 1 is 1.27 bits per heavy atom. The Hall–Kier alpha value is -0.770. The van der Waals surface area contributed by atoms with Crippen LogP contribution in [0.4, 0.5) is 4.79 Å². The smallest absolute Gasteiger partial charge is 0.410 e. The molecule has 0 radical (unpaired) electrons. The number of amides is 1. The highest BCUT2D eigenvalue weighted by Gasteiger charge is 2.33. The molecule has 0 aromatic heterocycles. The van der Waals surface area contributed by atoms with E-state index in [9.17, 15) is 4.79 Å². The van der Waals surface area contributed by atoms with E-state index in [4.69, 9.17) is 4.74 Å². The summed E-state index contributed by atoms with van der Waals surface area (Å²) in [5.41, 5.74) is 0.0990. The molecule has 1 heterocycles. The molecule has 1 unspecified atom stereocenters. The summed E-state index contributed by atoms with van der Waals surface area (Å²) in [4.78, 5) is 14.1. The van der Waals surface area contributed by atoms with E-state index in [-0.39, 0.29) is 6.09 Å². The third-order valence-electron chi connectivity index (χ3n) is 5.25. The summed E-state index contributed by atoms with van der Waals surface area (Å²) >= 11 is 0. The molecular weight excluding hydrogens is 276 g/mol. The average Bonchev–Trinajstić information content (AvgIpc) is 2.93. The monoisotopic (exact) mass is 310 g/mol. The zero-order valence-corrected chi connectivity index (χ0v) is 14.9. The number of ether oxygens (including phenoxy) is 1. The lowest BCUT2D eigenvalue weighted by molar-refractivity contribution is 0.0183. The average molecular weight is 310 g/mol. The van der Waals surface area contributed by atoms with Crippen molar-refractivity contribution in [1.29, 1.82) is 0 Å². The summed E-state index contributed by atoms with van der Waals surface area (Å²) in [6, 6.07) is 0.422. The van der Waals surface area contributed by atoms with Gasteiger partial charge in [-0.3, -0.25) is 0 Å². The van der Waals surface area contributed by atoms with E-state index in [1.165, 1.54) is 38.5 Å². The van der Waals surface area contributed by atoms with Crippen molar-refractivity contribution in [3.63, 3.8) is 0 Å². The number of nitrogens with one attached hydrogen (secondary N) is 1. The van der Waals surface area contributed by atoms with Crippen LogP contribution in [0.2, 0.25) is 0 Å². The first kappa shape index (κ1) is 17.6. The highest BCUT2D eigenvalue weighted by molar-refractivity contribution is 5.68. The lowest BCUT2D eigenvalue weighted by Gasteiger charge is -2.37. The van der Waals surface area contributed by atoms with Crippen molar-refractivity contribution in [3.05, 3.63) is 0 Å². The fraction of sp³-hybridized carbons (Fsp3) is 0.944. The fourth-order valence-corrected chi connectivity index (χ4v) is 3.78. The Bertz CT molecular complexity index is 370. The molecule has 2 fully saturated rings. The molecule has 1 amide bonds. The normalized spacial score (nSPS) is 25.3. The largest absolute Gasteiger partial charge is 0.444 e. The molecular formula is C18H34N2O2. The molecule has 4 heteroatoms. The predicted octanol–water partition coefficient (Wildman–Crippen LogP) is 3.95. The SMILES string of the molecule is CCC1(CNC2CCCN(C(=O)OC(C)(C)C)C2)CCCC1. The molecule has 1 aliphatic carbocycles. The van der Waals surface area contributed by atoms with Gasteiger partial charge in [-0.15, -0.1) is 0 Å². The fourth-order valence-electron chi connectivity index (χ4n) is 3.78. The van der Waals surface area contributed by atoms with Crippen LogP contribution in [0.5, 0.6) is 0 Å². The third kappa shape index (κ3) is 4.87. The van der Waals surface area contributed by atoms with E-state index in [1.54, 1.807) is 0 Å². The van der Waals surface area contributed by atoms with Gasteiger partial charge in [-0.2, -0.15) is 0 Å². The minimum atomic E-state index is -0.409. The first-order valence-corrected chi connectivity index (χ1v) is 9.05. The lowest BCUT2D eigenvalue weighted by Crippen LogP contribution is -2.51. The van der Waals surface area contributed by atoms with Crippen molar-refractivity contribution in [1.82, 2.24) is 10.2 Å². The van der Waals surface area contributed by atoms with Gasteiger partial charge in [0.2, 0.25) is 0 Å². The molecule has 128 valence electrons. The van der Waals surface area contributed by atoms with Crippen LogP contribution in [0.25, 0.3) is 0 Å². The first-order chi connectivity index (χ1) is 10.3. The highest BCUT2D eigenvalue weighted by atomic mass is 16.6. The van der Waals surface area contributed by atoms with Crippen LogP contribution in [0, 0.1) is 5.41 Å². The zero-order valence-electron chi connectivity index (χ0n) is 14.9. The standard InChI is InChI=1S/C18H34N2O2/c1-5-18(10-6-7-11-18)14-19-15-9-8-12-20(13-15)16(21)22-17(2,3)4/h15,19H,5-14H2,1-4H3. The summed E-state index contributed by atoms with van der Waals surface area (Å²) in [6.07, 6.45) is 8.81. The molecule has 4 nitrogen and oxygen atoms in total. The van der Waals surface area contributed by atoms with Crippen LogP contribution in [0.3, 0.4) is 0 Å². The second-order valence-corrected chi connectivity index (χ2v) is 8.21. The maximum atomic E-state index is 12.2. The molecule has 1 saturated carbocycles. The molecule has 2 aliphatic rings. The van der Waals surface area contributed by atoms with E-state index in [2.05, 4.69) is 12.2 Å². The predicted molar refractivity (Wildman–Crippen MR) is 90.0 cm³/mol. The maximum Gasteiger partial charge on any atom is 0.410 e. The van der Waals surface area contributed by atoms with Gasteiger partial charge in [0.25, 0.3) is 0 Å². The summed E-state index contributed by atoms with van der Waals surface area (Å²) in [5, 5.41) is 3.75. The van der Waals surface area contributed by atoms with E-state index in [0.29, 0.717) is 11.5 Å². The van der Waals surface area contributed by atoms with E-state index in [0.717, 1.165) is 26.1 Å². The Morgan fingerprint density at radius 2 is 1.95 bits per heavy atom. The highest BCUT2D eigenvalue weighted by Crippen LogP contribution is 2.40. The first-order valence-electron chi connectivity index (χ1n) is 9.05. The molecule has 0 spiro atoms. The minimum absolute atomic E-state index is 0.162. The second kappa shape index (κ2) is 7.20. The summed E-state index contributed by atoms with van der Waals surface area (Å²) in [7, 11) is 0. The van der Waals surface area contributed by atoms with Gasteiger partial charge in [-0.25, -0.2) is 4.79 Å². The van der Waals surface area contributed by atoms with E-state index < -0.39 is 5.60 Å². The van der Waals surface area contributed by atoms with Crippen LogP contribution in [-0.4, -0.2) is 42.3 Å². The van der Waals surface area contributed by atoms with Gasteiger partial charge < -0.3 is 15.0 Å². The summed E-state index contributed by atoms with van der Waals surface area (Å²) in [5.74, 6) is 0. The van der Waals surface area contributed by atoms with Gasteiger partial charge in [-0.05, 0) is 58.3 Å². The number of likely N-dealkylation sites (tertiary alicyclic amines) is 1. The number of carbonyl (C=O) groups is 1. The summed E-state index contributed by atoms with van der Waals surface area (Å²) in [6.45, 7) is 10.8. The Morgan fingerprint density at radius 3 is 2.55 bits per heavy atom. The molecule has 22 heavy (non-hydrogen) atoms. The van der Waals surface area contributed by atoms with Crippen molar-refractivity contribution >= 4 is 6.09 Å². The van der Waals surface area contributed by atoms with Gasteiger partial charge in [0.1, 0.15) is 5.60 Å². The van der Waals surface area contributed by atoms with E-state index >= 15 is 0 Å². The Balaban J connectivity index is 1.81. The van der Waals surface area contributed by atoms with Crippen molar-refractivity contribution < 1.29 is 9.53 Å². The second-order valence-electron chi connectivity index (χ2n) is 8.21. The number of rotatable bonds is 4. The lowest BCUT2D eigenvalue weighted by atomic mass is 9.83. The molecule has 2 rings (SSSR count). The van der Waals surface area contributed by atoms with Crippen LogP contribution >= 0.6 is 0 Å². The molecule has 1 N–H and O–H groups in total. The maximum absolute atomic E-state index is 12.2. The van der Waals surface area contributed by atoms with Gasteiger partial charge in [-0.1, -0.05) is 19.8 Å². The van der Waals surface area contributed by atoms with Gasteiger partial charge in [0.15, 0.2) is 0 Å². The van der Waals surface area contributed by atoms with Gasteiger partial charge in [0.05, 0.1) is 0 Å². The molecule has 1 aliphatic heterocycles. The molecule has 1 saturated heterocycles. The van der Waals surface area contributed by atoms with Gasteiger partial charge >= 0.3 is 6.09 Å². The third-order valence-corrected chi connectivity index (χ3v) is 5.25. The van der Waals surface area contributed by atoms with Crippen molar-refractivity contribution in [2.24, 2.45) is 5.41 Å². The minimum Gasteiger partial charge on any atom is -0.444 e. The number of carbonyl (C=O) groups excluding carboxylic acids is 1. The molecule has 0 aromatic carbocycles. The number of nitrogens with zero attached hydrogens (tertiary/aromatic N) is 1. The van der Waals surface area contributed by atoms with Crippen LogP contribution < -0.4 is 5.32 Å². The van der Waals surface area contributed by atoms with Crippen LogP contribution in [-0.2, 0) is 4.74 Å². The molecule has 0 aromatic rings. The number of piperidine rings is 1. The van der Waals surface area contributed by atoms with Crippen LogP contribution in [0.15, 0.2) is 0 Å². The topological polar surface area (TPSA) is 41.6 Å². The Labute approximate surface area is 136 Å². The molecule has 1 atom stereocenters. The van der Waals surface area contributed by atoms with Crippen molar-refractivity contribution in [3.8, 4) is 0 Å². The number of hydrogen-bond acceptors (Lipinski definition) is 3. The van der Waals surface area contributed by atoms with Crippen LogP contribution in [0.1, 0.15) is 72.6 Å². The quantitative estimate of drug-likeness (QED) is 0.855. The zero-order chi connectivity index (χ0) is 16.2. The van der Waals surface area contributed by atoms with Crippen molar-refractivity contribution in [2.45, 2.75) is 84.3 Å². The van der Waals surface area contributed by atoms with Crippen molar-refractivity contribution in [2.75, 3.05) is 19.6 Å². The number of hydrogen-bond donors (Lipinski definition) is 1. The Kier molecular flexibility index (Phi) is 5.76.